The van der Waals surface area contributed by atoms with Gasteiger partial charge in [-0.2, -0.15) is 0 Å². The molecular formula is C19H21Cl2FN4O. The topological polar surface area (TPSA) is 83.8 Å². The number of nitrogens with one attached hydrogen (secondary N) is 2. The van der Waals surface area contributed by atoms with Crippen LogP contribution in [0.4, 0.5) is 10.1 Å². The Kier molecular flexibility index (Phi) is 6.46. The van der Waals surface area contributed by atoms with E-state index >= 15 is 0 Å². The van der Waals surface area contributed by atoms with Crippen LogP contribution in [0.25, 0.3) is 22.4 Å². The molecule has 0 radical (unpaired) electrons. The summed E-state index contributed by atoms with van der Waals surface area (Å²) in [6, 6.07) is 11.6. The monoisotopic (exact) mass is 410 g/mol. The van der Waals surface area contributed by atoms with Gasteiger partial charge < -0.3 is 16.0 Å². The predicted octanol–water partition coefficient (Wildman–Crippen LogP) is 4.42. The number of amides is 1. The Morgan fingerprint density at radius 1 is 1.11 bits per heavy atom. The third kappa shape index (κ3) is 4.24. The second-order valence-corrected chi connectivity index (χ2v) is 6.64. The Hall–Kier alpha value is -2.15. The highest BCUT2D eigenvalue weighted by atomic mass is 35.5. The van der Waals surface area contributed by atoms with E-state index in [1.807, 2.05) is 18.2 Å². The van der Waals surface area contributed by atoms with Crippen molar-refractivity contribution in [2.45, 2.75) is 31.2 Å². The fourth-order valence-electron chi connectivity index (χ4n) is 3.32. The zero-order valence-electron chi connectivity index (χ0n) is 14.5. The molecule has 1 aliphatic rings. The molecule has 5 nitrogen and oxygen atoms in total. The summed E-state index contributed by atoms with van der Waals surface area (Å²) in [6.45, 7) is 0. The smallest absolute Gasteiger partial charge is 0.244 e. The van der Waals surface area contributed by atoms with Crippen LogP contribution in [0.5, 0.6) is 0 Å². The first-order chi connectivity index (χ1) is 12.0. The Balaban J connectivity index is 0.00000131. The Morgan fingerprint density at radius 2 is 1.78 bits per heavy atom. The summed E-state index contributed by atoms with van der Waals surface area (Å²) in [7, 11) is 0. The molecule has 0 spiro atoms. The minimum absolute atomic E-state index is 0. The zero-order valence-corrected chi connectivity index (χ0v) is 16.1. The molecular weight excluding hydrogens is 390 g/mol. The van der Waals surface area contributed by atoms with Gasteiger partial charge in [-0.3, -0.25) is 4.79 Å². The largest absolute Gasteiger partial charge is 0.338 e. The van der Waals surface area contributed by atoms with Crippen LogP contribution in [0.3, 0.4) is 0 Å². The maximum absolute atomic E-state index is 13.1. The highest BCUT2D eigenvalue weighted by molar-refractivity contribution is 5.99. The highest BCUT2D eigenvalue weighted by Crippen LogP contribution is 2.29. The fourth-order valence-corrected chi connectivity index (χ4v) is 3.32. The highest BCUT2D eigenvalue weighted by Gasteiger charge is 2.36. The average molecular weight is 411 g/mol. The van der Waals surface area contributed by atoms with Crippen molar-refractivity contribution < 1.29 is 9.18 Å². The number of hydrogen-bond donors (Lipinski definition) is 3. The molecule has 3 aromatic rings. The number of aromatic nitrogens is 2. The van der Waals surface area contributed by atoms with E-state index in [0.717, 1.165) is 42.3 Å². The van der Waals surface area contributed by atoms with Crippen LogP contribution in [0.1, 0.15) is 25.7 Å². The van der Waals surface area contributed by atoms with Gasteiger partial charge in [0.2, 0.25) is 5.91 Å². The Bertz CT molecular complexity index is 937. The predicted molar refractivity (Wildman–Crippen MR) is 110 cm³/mol. The van der Waals surface area contributed by atoms with Gasteiger partial charge in [0.1, 0.15) is 11.6 Å². The van der Waals surface area contributed by atoms with Crippen molar-refractivity contribution in [3.05, 3.63) is 48.3 Å². The molecule has 8 heteroatoms. The number of carbonyl (C=O) groups excluding carboxylic acids is 1. The van der Waals surface area contributed by atoms with Crippen LogP contribution < -0.4 is 11.1 Å². The number of halogens is 3. The standard InChI is InChI=1S/C19H19FN4O.2ClH/c20-13-5-3-12(4-6-13)17-23-15-8-7-14(11-16(15)24-17)22-18(25)19(21)9-1-2-10-19;;/h3-8,11H,1-2,9-10,21H2,(H,22,25)(H,23,24);2*1H. The molecule has 1 fully saturated rings. The van der Waals surface area contributed by atoms with E-state index in [1.54, 1.807) is 12.1 Å². The molecule has 0 bridgehead atoms. The number of nitrogens with zero attached hydrogens (tertiary/aromatic N) is 1. The molecule has 0 saturated heterocycles. The van der Waals surface area contributed by atoms with Gasteiger partial charge in [-0.15, -0.1) is 24.8 Å². The number of anilines is 1. The van der Waals surface area contributed by atoms with Crippen LogP contribution in [-0.2, 0) is 4.79 Å². The average Bonchev–Trinajstić information content (AvgIpc) is 3.22. The van der Waals surface area contributed by atoms with E-state index in [0.29, 0.717) is 11.5 Å². The molecule has 0 unspecified atom stereocenters. The van der Waals surface area contributed by atoms with E-state index in [2.05, 4.69) is 15.3 Å². The third-order valence-electron chi connectivity index (χ3n) is 4.81. The van der Waals surface area contributed by atoms with Crippen molar-refractivity contribution in [2.75, 3.05) is 5.32 Å². The van der Waals surface area contributed by atoms with Gasteiger partial charge in [0.25, 0.3) is 0 Å². The number of hydrogen-bond acceptors (Lipinski definition) is 3. The van der Waals surface area contributed by atoms with Crippen molar-refractivity contribution in [3.63, 3.8) is 0 Å². The van der Waals surface area contributed by atoms with Gasteiger partial charge in [-0.05, 0) is 55.3 Å². The summed E-state index contributed by atoms with van der Waals surface area (Å²) in [5.41, 5.74) is 8.49. The normalized spacial score (nSPS) is 15.0. The lowest BCUT2D eigenvalue weighted by molar-refractivity contribution is -0.121. The molecule has 4 N–H and O–H groups in total. The summed E-state index contributed by atoms with van der Waals surface area (Å²) in [5.74, 6) is 0.236. The van der Waals surface area contributed by atoms with E-state index in [-0.39, 0.29) is 36.5 Å². The minimum Gasteiger partial charge on any atom is -0.338 e. The van der Waals surface area contributed by atoms with Crippen molar-refractivity contribution in [1.82, 2.24) is 9.97 Å². The lowest BCUT2D eigenvalue weighted by atomic mass is 9.98. The number of benzene rings is 2. The molecule has 0 atom stereocenters. The van der Waals surface area contributed by atoms with Gasteiger partial charge in [-0.25, -0.2) is 9.37 Å². The SMILES string of the molecule is Cl.Cl.NC1(C(=O)Nc2ccc3nc(-c4ccc(F)cc4)[nH]c3c2)CCCC1. The number of aromatic amines is 1. The molecule has 4 rings (SSSR count). The summed E-state index contributed by atoms with van der Waals surface area (Å²) in [6.07, 6.45) is 3.43. The van der Waals surface area contributed by atoms with Crippen molar-refractivity contribution in [1.29, 1.82) is 0 Å². The van der Waals surface area contributed by atoms with Crippen molar-refractivity contribution >= 4 is 47.4 Å². The van der Waals surface area contributed by atoms with Gasteiger partial charge in [-0.1, -0.05) is 12.8 Å². The van der Waals surface area contributed by atoms with Gasteiger partial charge in [0.15, 0.2) is 0 Å². The van der Waals surface area contributed by atoms with E-state index in [4.69, 9.17) is 5.73 Å². The van der Waals surface area contributed by atoms with Gasteiger partial charge in [0, 0.05) is 11.3 Å². The number of imidazole rings is 1. The second-order valence-electron chi connectivity index (χ2n) is 6.64. The summed E-state index contributed by atoms with van der Waals surface area (Å²) in [5, 5.41) is 2.91. The number of nitrogens with two attached hydrogens (primary N) is 1. The number of fused-ring (bicyclic) bond motifs is 1. The Labute approximate surface area is 168 Å². The van der Waals surface area contributed by atoms with Crippen molar-refractivity contribution in [2.24, 2.45) is 5.73 Å². The number of H-pyrrole nitrogens is 1. The maximum atomic E-state index is 13.1. The van der Waals surface area contributed by atoms with Crippen LogP contribution in [0.15, 0.2) is 42.5 Å². The van der Waals surface area contributed by atoms with Crippen molar-refractivity contribution in [3.8, 4) is 11.4 Å². The maximum Gasteiger partial charge on any atom is 0.244 e. The first-order valence-electron chi connectivity index (χ1n) is 8.40. The molecule has 1 aliphatic carbocycles. The quantitative estimate of drug-likeness (QED) is 0.597. The van der Waals surface area contributed by atoms with E-state index < -0.39 is 5.54 Å². The molecule has 1 aromatic heterocycles. The summed E-state index contributed by atoms with van der Waals surface area (Å²) in [4.78, 5) is 20.2. The van der Waals surface area contributed by atoms with E-state index in [1.165, 1.54) is 12.1 Å². The number of rotatable bonds is 3. The summed E-state index contributed by atoms with van der Waals surface area (Å²) < 4.78 is 13.1. The van der Waals surface area contributed by atoms with Crippen LogP contribution in [0, 0.1) is 5.82 Å². The summed E-state index contributed by atoms with van der Waals surface area (Å²) >= 11 is 0. The van der Waals surface area contributed by atoms with E-state index in [9.17, 15) is 9.18 Å². The van der Waals surface area contributed by atoms with Crippen LogP contribution in [-0.4, -0.2) is 21.4 Å². The van der Waals surface area contributed by atoms with Crippen LogP contribution >= 0.6 is 24.8 Å². The molecule has 144 valence electrons. The molecule has 1 saturated carbocycles. The second kappa shape index (κ2) is 8.25. The van der Waals surface area contributed by atoms with Crippen LogP contribution in [0.2, 0.25) is 0 Å². The Morgan fingerprint density at radius 3 is 2.44 bits per heavy atom. The molecule has 27 heavy (non-hydrogen) atoms. The van der Waals surface area contributed by atoms with Gasteiger partial charge in [0.05, 0.1) is 16.6 Å². The van der Waals surface area contributed by atoms with Gasteiger partial charge >= 0.3 is 0 Å². The fraction of sp³-hybridized carbons (Fsp3) is 0.263. The molecule has 1 amide bonds. The molecule has 2 aromatic carbocycles. The molecule has 0 aliphatic heterocycles. The lowest BCUT2D eigenvalue weighted by Gasteiger charge is -2.22. The minimum atomic E-state index is -0.762. The molecule has 1 heterocycles. The lowest BCUT2D eigenvalue weighted by Crippen LogP contribution is -2.48. The zero-order chi connectivity index (χ0) is 17.4. The third-order valence-corrected chi connectivity index (χ3v) is 4.81. The first-order valence-corrected chi connectivity index (χ1v) is 8.40. The first kappa shape index (κ1) is 21.2. The number of carbonyl (C=O) groups is 1.